The molecule has 0 saturated carbocycles. The van der Waals surface area contributed by atoms with Gasteiger partial charge in [-0.05, 0) is 48.5 Å². The van der Waals surface area contributed by atoms with Crippen molar-refractivity contribution in [2.45, 2.75) is 12.4 Å². The first-order chi connectivity index (χ1) is 14.4. The van der Waals surface area contributed by atoms with Crippen LogP contribution >= 0.6 is 0 Å². The van der Waals surface area contributed by atoms with E-state index in [0.717, 1.165) is 48.5 Å². The maximum absolute atomic E-state index is 13.6. The van der Waals surface area contributed by atoms with Crippen molar-refractivity contribution >= 4 is 11.6 Å². The minimum absolute atomic E-state index is 0.0196. The minimum Gasteiger partial charge on any atom is -0.484 e. The molecule has 0 spiro atoms. The van der Waals surface area contributed by atoms with Crippen LogP contribution in [0.3, 0.4) is 0 Å². The van der Waals surface area contributed by atoms with Gasteiger partial charge in [-0.1, -0.05) is 5.21 Å². The topological polar surface area (TPSA) is 69.0 Å². The van der Waals surface area contributed by atoms with Crippen LogP contribution in [-0.2, 0) is 6.18 Å². The standard InChI is InChI=1S/C18H11F7N4O2/c19-10-1-5-12(6-2-10)29-15(18(23,24)25)14(27-28-29)16(30)26-11-3-7-13(8-4-11)31-9-17(20,21)22/h1-8H,9H2,(H,26,30). The molecule has 0 aliphatic heterocycles. The van der Waals surface area contributed by atoms with Crippen LogP contribution in [0.15, 0.2) is 48.5 Å². The second kappa shape index (κ2) is 8.24. The molecule has 1 aromatic heterocycles. The highest BCUT2D eigenvalue weighted by Crippen LogP contribution is 2.33. The fourth-order valence-electron chi connectivity index (χ4n) is 2.44. The first-order valence-corrected chi connectivity index (χ1v) is 8.34. The summed E-state index contributed by atoms with van der Waals surface area (Å²) in [4.78, 5) is 12.4. The summed E-state index contributed by atoms with van der Waals surface area (Å²) >= 11 is 0. The van der Waals surface area contributed by atoms with Crippen LogP contribution in [0.2, 0.25) is 0 Å². The first-order valence-electron chi connectivity index (χ1n) is 8.34. The number of ether oxygens (including phenoxy) is 1. The largest absolute Gasteiger partial charge is 0.484 e. The summed E-state index contributed by atoms with van der Waals surface area (Å²) in [5.74, 6) is -2.10. The van der Waals surface area contributed by atoms with Crippen molar-refractivity contribution in [3.63, 3.8) is 0 Å². The average Bonchev–Trinajstić information content (AvgIpc) is 3.13. The van der Waals surface area contributed by atoms with Gasteiger partial charge in [0.15, 0.2) is 18.0 Å². The van der Waals surface area contributed by atoms with E-state index in [9.17, 15) is 35.5 Å². The summed E-state index contributed by atoms with van der Waals surface area (Å²) in [7, 11) is 0. The lowest BCUT2D eigenvalue weighted by atomic mass is 10.2. The molecule has 0 aliphatic carbocycles. The summed E-state index contributed by atoms with van der Waals surface area (Å²) in [6.07, 6.45) is -9.57. The lowest BCUT2D eigenvalue weighted by Gasteiger charge is -2.12. The number of benzene rings is 2. The molecule has 0 radical (unpaired) electrons. The van der Waals surface area contributed by atoms with E-state index in [0.29, 0.717) is 4.68 Å². The lowest BCUT2D eigenvalue weighted by Crippen LogP contribution is -2.21. The van der Waals surface area contributed by atoms with Crippen LogP contribution in [0.4, 0.5) is 36.4 Å². The minimum atomic E-state index is -5.03. The van der Waals surface area contributed by atoms with Crippen molar-refractivity contribution in [3.8, 4) is 11.4 Å². The molecule has 0 bridgehead atoms. The molecule has 2 aromatic carbocycles. The van der Waals surface area contributed by atoms with Crippen molar-refractivity contribution in [2.24, 2.45) is 0 Å². The van der Waals surface area contributed by atoms with Crippen molar-refractivity contribution in [3.05, 3.63) is 65.7 Å². The van der Waals surface area contributed by atoms with E-state index >= 15 is 0 Å². The molecule has 0 atom stereocenters. The molecule has 0 fully saturated rings. The Balaban J connectivity index is 1.82. The number of nitrogens with zero attached hydrogens (tertiary/aromatic N) is 3. The van der Waals surface area contributed by atoms with Crippen LogP contribution in [-0.4, -0.2) is 33.7 Å². The van der Waals surface area contributed by atoms with Crippen LogP contribution in [0, 0.1) is 5.82 Å². The third kappa shape index (κ3) is 5.49. The lowest BCUT2D eigenvalue weighted by molar-refractivity contribution is -0.153. The quantitative estimate of drug-likeness (QED) is 0.579. The molecule has 164 valence electrons. The fourth-order valence-corrected chi connectivity index (χ4v) is 2.44. The Bertz CT molecular complexity index is 1060. The van der Waals surface area contributed by atoms with Gasteiger partial charge in [-0.2, -0.15) is 26.3 Å². The molecule has 0 saturated heterocycles. The van der Waals surface area contributed by atoms with E-state index in [2.05, 4.69) is 20.4 Å². The molecule has 1 amide bonds. The number of nitrogens with one attached hydrogen (secondary N) is 1. The van der Waals surface area contributed by atoms with Crippen LogP contribution < -0.4 is 10.1 Å². The maximum Gasteiger partial charge on any atom is 0.435 e. The number of carbonyl (C=O) groups excluding carboxylic acids is 1. The SMILES string of the molecule is O=C(Nc1ccc(OCC(F)(F)F)cc1)c1nnn(-c2ccc(F)cc2)c1C(F)(F)F. The van der Waals surface area contributed by atoms with Gasteiger partial charge < -0.3 is 10.1 Å². The predicted octanol–water partition coefficient (Wildman–Crippen LogP) is 4.62. The molecular weight excluding hydrogens is 437 g/mol. The van der Waals surface area contributed by atoms with E-state index in [4.69, 9.17) is 0 Å². The van der Waals surface area contributed by atoms with Gasteiger partial charge in [0.05, 0.1) is 5.69 Å². The number of hydrogen-bond donors (Lipinski definition) is 1. The zero-order valence-electron chi connectivity index (χ0n) is 15.1. The van der Waals surface area contributed by atoms with Gasteiger partial charge in [-0.3, -0.25) is 4.79 Å². The van der Waals surface area contributed by atoms with E-state index in [1.165, 1.54) is 0 Å². The molecule has 31 heavy (non-hydrogen) atoms. The summed E-state index contributed by atoms with van der Waals surface area (Å²) in [5, 5.41) is 8.78. The van der Waals surface area contributed by atoms with Gasteiger partial charge in [0, 0.05) is 5.69 Å². The zero-order chi connectivity index (χ0) is 22.8. The van der Waals surface area contributed by atoms with E-state index in [-0.39, 0.29) is 17.1 Å². The van der Waals surface area contributed by atoms with Gasteiger partial charge in [-0.15, -0.1) is 5.10 Å². The van der Waals surface area contributed by atoms with Crippen molar-refractivity contribution in [2.75, 3.05) is 11.9 Å². The Morgan fingerprint density at radius 1 is 0.968 bits per heavy atom. The smallest absolute Gasteiger partial charge is 0.435 e. The Morgan fingerprint density at radius 3 is 2.13 bits per heavy atom. The van der Waals surface area contributed by atoms with Gasteiger partial charge in [0.25, 0.3) is 5.91 Å². The molecule has 3 aromatic rings. The average molecular weight is 448 g/mol. The third-order valence-electron chi connectivity index (χ3n) is 3.74. The Kier molecular flexibility index (Phi) is 5.86. The highest BCUT2D eigenvalue weighted by molar-refractivity contribution is 6.03. The highest BCUT2D eigenvalue weighted by Gasteiger charge is 2.42. The maximum atomic E-state index is 13.6. The monoisotopic (exact) mass is 448 g/mol. The number of rotatable bonds is 5. The van der Waals surface area contributed by atoms with E-state index in [1.807, 2.05) is 0 Å². The summed E-state index contributed by atoms with van der Waals surface area (Å²) in [6.45, 7) is -1.53. The van der Waals surface area contributed by atoms with Crippen molar-refractivity contribution in [1.82, 2.24) is 15.0 Å². The van der Waals surface area contributed by atoms with Gasteiger partial charge >= 0.3 is 12.4 Å². The molecule has 6 nitrogen and oxygen atoms in total. The van der Waals surface area contributed by atoms with Crippen LogP contribution in [0.25, 0.3) is 5.69 Å². The number of halogens is 7. The van der Waals surface area contributed by atoms with Crippen LogP contribution in [0.1, 0.15) is 16.2 Å². The van der Waals surface area contributed by atoms with Gasteiger partial charge in [0.2, 0.25) is 0 Å². The van der Waals surface area contributed by atoms with Crippen LogP contribution in [0.5, 0.6) is 5.75 Å². The zero-order valence-corrected chi connectivity index (χ0v) is 15.1. The van der Waals surface area contributed by atoms with Gasteiger partial charge in [0.1, 0.15) is 11.6 Å². The summed E-state index contributed by atoms with van der Waals surface area (Å²) in [5.41, 5.74) is -2.73. The predicted molar refractivity (Wildman–Crippen MR) is 92.3 cm³/mol. The Morgan fingerprint density at radius 2 is 1.58 bits per heavy atom. The summed E-state index contributed by atoms with van der Waals surface area (Å²) < 4.78 is 95.1. The number of carbonyl (C=O) groups is 1. The molecule has 0 unspecified atom stereocenters. The van der Waals surface area contributed by atoms with Gasteiger partial charge in [-0.25, -0.2) is 9.07 Å². The third-order valence-corrected chi connectivity index (χ3v) is 3.74. The summed E-state index contributed by atoms with van der Waals surface area (Å²) in [6, 6.07) is 8.37. The first kappa shape index (κ1) is 22.1. The molecule has 1 N–H and O–H groups in total. The second-order valence-corrected chi connectivity index (χ2v) is 6.05. The normalized spacial score (nSPS) is 12.0. The molecule has 0 aliphatic rings. The molecule has 1 heterocycles. The number of aromatic nitrogens is 3. The van der Waals surface area contributed by atoms with Crippen molar-refractivity contribution < 1.29 is 40.3 Å². The number of amides is 1. The number of hydrogen-bond acceptors (Lipinski definition) is 4. The fraction of sp³-hybridized carbons (Fsp3) is 0.167. The number of anilines is 1. The Labute approximate surface area is 169 Å². The molecule has 13 heteroatoms. The van der Waals surface area contributed by atoms with Crippen molar-refractivity contribution in [1.29, 1.82) is 0 Å². The van der Waals surface area contributed by atoms with E-state index < -0.39 is 42.1 Å². The highest BCUT2D eigenvalue weighted by atomic mass is 19.4. The second-order valence-electron chi connectivity index (χ2n) is 6.05. The van der Waals surface area contributed by atoms with E-state index in [1.54, 1.807) is 0 Å². The Hall–Kier alpha value is -3.64. The molecule has 3 rings (SSSR count). The molecular formula is C18H11F7N4O2. The number of alkyl halides is 6.